The van der Waals surface area contributed by atoms with E-state index in [0.29, 0.717) is 18.1 Å². The van der Waals surface area contributed by atoms with Crippen molar-refractivity contribution in [1.82, 2.24) is 29.8 Å². The third kappa shape index (κ3) is 2.82. The number of nitrogens with one attached hydrogen (secondary N) is 1. The second kappa shape index (κ2) is 6.41. The topological polar surface area (TPSA) is 81.0 Å². The molecule has 5 aromatic rings. The van der Waals surface area contributed by atoms with E-state index in [4.69, 9.17) is 4.74 Å². The van der Waals surface area contributed by atoms with Gasteiger partial charge in [-0.25, -0.2) is 14.5 Å². The van der Waals surface area contributed by atoms with E-state index in [1.807, 2.05) is 12.1 Å². The lowest BCUT2D eigenvalue weighted by molar-refractivity contribution is 0.306. The fourth-order valence-corrected chi connectivity index (χ4v) is 3.92. The molecule has 0 aliphatic heterocycles. The van der Waals surface area contributed by atoms with Crippen molar-refractivity contribution in [3.8, 4) is 17.1 Å². The van der Waals surface area contributed by atoms with Crippen molar-refractivity contribution in [3.05, 3.63) is 71.7 Å². The first-order chi connectivity index (χ1) is 14.3. The molecule has 2 aromatic carbocycles. The van der Waals surface area contributed by atoms with Gasteiger partial charge >= 0.3 is 0 Å². The molecule has 0 unspecified atom stereocenters. The fraction of sp³-hybridized carbons (Fsp3) is 0.182. The Morgan fingerprint density at radius 3 is 2.86 bits per heavy atom. The van der Waals surface area contributed by atoms with Gasteiger partial charge in [0.2, 0.25) is 0 Å². The smallest absolute Gasteiger partial charge is 0.182 e. The highest BCUT2D eigenvalue weighted by Gasteiger charge is 2.12. The Morgan fingerprint density at radius 2 is 1.93 bits per heavy atom. The lowest BCUT2D eigenvalue weighted by Gasteiger charge is -2.08. The van der Waals surface area contributed by atoms with Gasteiger partial charge in [0.05, 0.1) is 11.6 Å². The van der Waals surface area contributed by atoms with E-state index in [0.717, 1.165) is 34.3 Å². The molecular formula is C22H18N6O. The molecule has 1 N–H and O–H groups in total. The zero-order chi connectivity index (χ0) is 19.2. The number of fused-ring (bicyclic) bond motifs is 4. The summed E-state index contributed by atoms with van der Waals surface area (Å²) in [7, 11) is 0. The van der Waals surface area contributed by atoms with Gasteiger partial charge in [0.25, 0.3) is 0 Å². The van der Waals surface area contributed by atoms with Gasteiger partial charge in [-0.2, -0.15) is 5.10 Å². The second-order valence-corrected chi connectivity index (χ2v) is 7.35. The third-order valence-corrected chi connectivity index (χ3v) is 5.48. The molecule has 1 aliphatic carbocycles. The number of H-pyrrole nitrogens is 1. The summed E-state index contributed by atoms with van der Waals surface area (Å²) in [5.41, 5.74) is 6.39. The minimum absolute atomic E-state index is 0.539. The number of benzene rings is 2. The van der Waals surface area contributed by atoms with Crippen LogP contribution in [0.4, 0.5) is 0 Å². The number of aromatic nitrogens is 6. The van der Waals surface area contributed by atoms with E-state index < -0.39 is 0 Å². The monoisotopic (exact) mass is 382 g/mol. The van der Waals surface area contributed by atoms with E-state index in [1.54, 1.807) is 17.0 Å². The second-order valence-electron chi connectivity index (χ2n) is 7.35. The van der Waals surface area contributed by atoms with E-state index in [9.17, 15) is 0 Å². The summed E-state index contributed by atoms with van der Waals surface area (Å²) in [5.74, 6) is 1.60. The number of rotatable bonds is 4. The van der Waals surface area contributed by atoms with Crippen LogP contribution >= 0.6 is 0 Å². The first-order valence-corrected chi connectivity index (χ1v) is 9.72. The minimum atomic E-state index is 0.539. The van der Waals surface area contributed by atoms with Crippen LogP contribution in [0.2, 0.25) is 0 Å². The highest BCUT2D eigenvalue weighted by molar-refractivity contribution is 5.88. The Bertz CT molecular complexity index is 1330. The average molecular weight is 382 g/mol. The van der Waals surface area contributed by atoms with Crippen LogP contribution in [0.5, 0.6) is 5.75 Å². The van der Waals surface area contributed by atoms with Crippen molar-refractivity contribution in [2.75, 3.05) is 0 Å². The summed E-state index contributed by atoms with van der Waals surface area (Å²) in [6.45, 7) is 0.539. The summed E-state index contributed by atoms with van der Waals surface area (Å²) >= 11 is 0. The maximum absolute atomic E-state index is 6.00. The van der Waals surface area contributed by atoms with Crippen LogP contribution in [0, 0.1) is 0 Å². The maximum atomic E-state index is 6.00. The molecule has 0 saturated carbocycles. The van der Waals surface area contributed by atoms with Gasteiger partial charge in [-0.15, -0.1) is 5.10 Å². The highest BCUT2D eigenvalue weighted by Crippen LogP contribution is 2.27. The van der Waals surface area contributed by atoms with Crippen LogP contribution in [0.3, 0.4) is 0 Å². The lowest BCUT2D eigenvalue weighted by Crippen LogP contribution is -1.96. The summed E-state index contributed by atoms with van der Waals surface area (Å²) < 4.78 is 7.67. The fourth-order valence-electron chi connectivity index (χ4n) is 3.92. The summed E-state index contributed by atoms with van der Waals surface area (Å²) in [5, 5.41) is 12.3. The van der Waals surface area contributed by atoms with Crippen LogP contribution in [-0.4, -0.2) is 29.8 Å². The van der Waals surface area contributed by atoms with E-state index in [-0.39, 0.29) is 0 Å². The number of hydrogen-bond donors (Lipinski definition) is 1. The molecule has 0 spiro atoms. The molecule has 3 heterocycles. The van der Waals surface area contributed by atoms with Crippen molar-refractivity contribution in [2.24, 2.45) is 0 Å². The van der Waals surface area contributed by atoms with E-state index >= 15 is 0 Å². The summed E-state index contributed by atoms with van der Waals surface area (Å²) in [6.07, 6.45) is 6.96. The molecule has 0 bridgehead atoms. The minimum Gasteiger partial charge on any atom is -0.489 e. The molecule has 142 valence electrons. The number of aromatic amines is 1. The molecule has 6 rings (SSSR count). The molecular weight excluding hydrogens is 364 g/mol. The number of ether oxygens (including phenoxy) is 1. The SMILES string of the molecule is c1cc(-c2nc3c4cn[nH]c4ncn3n2)ccc1COc1ccc2c(c1)CCC2. The lowest BCUT2D eigenvalue weighted by atomic mass is 10.1. The van der Waals surface area contributed by atoms with Gasteiger partial charge in [-0.05, 0) is 48.1 Å². The first kappa shape index (κ1) is 16.2. The van der Waals surface area contributed by atoms with Gasteiger partial charge in [0.1, 0.15) is 18.7 Å². The first-order valence-electron chi connectivity index (χ1n) is 9.72. The Hall–Kier alpha value is -3.74. The molecule has 1 aliphatic rings. The Labute approximate surface area is 166 Å². The van der Waals surface area contributed by atoms with Crippen LogP contribution in [-0.2, 0) is 19.4 Å². The highest BCUT2D eigenvalue weighted by atomic mass is 16.5. The van der Waals surface area contributed by atoms with Crippen molar-refractivity contribution in [1.29, 1.82) is 0 Å². The molecule has 0 saturated heterocycles. The molecule has 3 aromatic heterocycles. The predicted molar refractivity (Wildman–Crippen MR) is 109 cm³/mol. The maximum Gasteiger partial charge on any atom is 0.182 e. The molecule has 7 nitrogen and oxygen atoms in total. The van der Waals surface area contributed by atoms with Gasteiger partial charge in [0.15, 0.2) is 17.1 Å². The van der Waals surface area contributed by atoms with Crippen molar-refractivity contribution < 1.29 is 4.74 Å². The summed E-state index contributed by atoms with van der Waals surface area (Å²) in [4.78, 5) is 8.95. The Balaban J connectivity index is 1.22. The molecule has 7 heteroatoms. The quantitative estimate of drug-likeness (QED) is 0.512. The number of aryl methyl sites for hydroxylation is 2. The number of nitrogens with zero attached hydrogens (tertiary/aromatic N) is 5. The predicted octanol–water partition coefficient (Wildman–Crippen LogP) is 3.74. The van der Waals surface area contributed by atoms with Crippen molar-refractivity contribution in [2.45, 2.75) is 25.9 Å². The van der Waals surface area contributed by atoms with Crippen LogP contribution in [0.15, 0.2) is 55.0 Å². The Kier molecular flexibility index (Phi) is 3.59. The van der Waals surface area contributed by atoms with Gasteiger partial charge in [0, 0.05) is 5.56 Å². The van der Waals surface area contributed by atoms with Crippen LogP contribution in [0.25, 0.3) is 28.1 Å². The van der Waals surface area contributed by atoms with Gasteiger partial charge in [-0.1, -0.05) is 30.3 Å². The largest absolute Gasteiger partial charge is 0.489 e. The van der Waals surface area contributed by atoms with Crippen molar-refractivity contribution in [3.63, 3.8) is 0 Å². The average Bonchev–Trinajstić information content (AvgIpc) is 3.50. The molecule has 0 atom stereocenters. The van der Waals surface area contributed by atoms with Crippen molar-refractivity contribution >= 4 is 16.7 Å². The van der Waals surface area contributed by atoms with E-state index in [1.165, 1.54) is 24.0 Å². The van der Waals surface area contributed by atoms with Gasteiger partial charge < -0.3 is 4.74 Å². The van der Waals surface area contributed by atoms with Gasteiger partial charge in [-0.3, -0.25) is 5.10 Å². The Morgan fingerprint density at radius 1 is 1.03 bits per heavy atom. The zero-order valence-corrected chi connectivity index (χ0v) is 15.7. The molecule has 0 fully saturated rings. The van der Waals surface area contributed by atoms with Crippen LogP contribution in [0.1, 0.15) is 23.1 Å². The van der Waals surface area contributed by atoms with Crippen LogP contribution < -0.4 is 4.74 Å². The van der Waals surface area contributed by atoms with E-state index in [2.05, 4.69) is 55.6 Å². The molecule has 0 amide bonds. The number of hydrogen-bond acceptors (Lipinski definition) is 5. The molecule has 29 heavy (non-hydrogen) atoms. The normalized spacial score (nSPS) is 13.2. The molecule has 0 radical (unpaired) electrons. The third-order valence-electron chi connectivity index (χ3n) is 5.48. The zero-order valence-electron chi connectivity index (χ0n) is 15.7. The standard InChI is InChI=1S/C22H18N6O/c1-2-15-8-9-18(10-17(15)3-1)29-12-14-4-6-16(7-5-14)20-25-22-19-11-24-26-21(19)23-13-28(22)27-20/h4-11,13H,1-3,12H2,(H,24,26). The summed E-state index contributed by atoms with van der Waals surface area (Å²) in [6, 6.07) is 14.6.